The minimum atomic E-state index is 0.684. The van der Waals surface area contributed by atoms with Gasteiger partial charge in [0.2, 0.25) is 0 Å². The molecule has 0 N–H and O–H groups in total. The quantitative estimate of drug-likeness (QED) is 0.619. The number of rotatable bonds is 4. The van der Waals surface area contributed by atoms with Crippen LogP contribution in [0.25, 0.3) is 0 Å². The van der Waals surface area contributed by atoms with Crippen molar-refractivity contribution < 1.29 is 0 Å². The second-order valence-electron chi connectivity index (χ2n) is 2.62. The Morgan fingerprint density at radius 1 is 1.44 bits per heavy atom. The zero-order valence-corrected chi connectivity index (χ0v) is 8.11. The molecule has 9 heavy (non-hydrogen) atoms. The molecular weight excluding hydrogens is 178 g/mol. The third kappa shape index (κ3) is 4.91. The third-order valence-electron chi connectivity index (χ3n) is 1.53. The average molecular weight is 194 g/mol. The lowest BCUT2D eigenvalue weighted by Crippen LogP contribution is -2.27. The summed E-state index contributed by atoms with van der Waals surface area (Å²) in [5.41, 5.74) is 0. The molecule has 0 rings (SSSR count). The first-order valence-electron chi connectivity index (χ1n) is 3.44. The van der Waals surface area contributed by atoms with Crippen LogP contribution in [0.5, 0.6) is 0 Å². The van der Waals surface area contributed by atoms with Gasteiger partial charge >= 0.3 is 0 Å². The fraction of sp³-hybridized carbons (Fsp3) is 1.00. The fourth-order valence-corrected chi connectivity index (χ4v) is 0.818. The number of halogens is 1. The molecule has 0 heterocycles. The smallest absolute Gasteiger partial charge is 0.00434 e. The summed E-state index contributed by atoms with van der Waals surface area (Å²) in [7, 11) is 2.16. The molecule has 0 bridgehead atoms. The zero-order valence-electron chi connectivity index (χ0n) is 6.52. The van der Waals surface area contributed by atoms with Gasteiger partial charge < -0.3 is 4.90 Å². The summed E-state index contributed by atoms with van der Waals surface area (Å²) in [6.07, 6.45) is 1.24. The molecule has 0 aliphatic rings. The van der Waals surface area contributed by atoms with Gasteiger partial charge in [0.1, 0.15) is 0 Å². The Kier molecular flexibility index (Phi) is 5.50. The van der Waals surface area contributed by atoms with E-state index in [9.17, 15) is 0 Å². The van der Waals surface area contributed by atoms with E-state index in [2.05, 4.69) is 41.7 Å². The Morgan fingerprint density at radius 2 is 2.00 bits per heavy atom. The zero-order chi connectivity index (χ0) is 7.28. The summed E-state index contributed by atoms with van der Waals surface area (Å²) in [4.78, 5) is 2.35. The van der Waals surface area contributed by atoms with Gasteiger partial charge in [-0.25, -0.2) is 0 Å². The van der Waals surface area contributed by atoms with Gasteiger partial charge in [-0.15, -0.1) is 0 Å². The van der Waals surface area contributed by atoms with Crippen molar-refractivity contribution >= 4 is 15.9 Å². The van der Waals surface area contributed by atoms with Crippen molar-refractivity contribution in [2.24, 2.45) is 0 Å². The number of hydrogen-bond acceptors (Lipinski definition) is 1. The molecule has 0 amide bonds. The van der Waals surface area contributed by atoms with Crippen LogP contribution in [0, 0.1) is 0 Å². The lowest BCUT2D eigenvalue weighted by atomic mass is 10.3. The molecule has 0 aliphatic heterocycles. The maximum atomic E-state index is 3.40. The summed E-state index contributed by atoms with van der Waals surface area (Å²) < 4.78 is 0. The molecule has 0 atom stereocenters. The molecule has 0 aromatic rings. The average Bonchev–Trinajstić information content (AvgIpc) is 1.82. The van der Waals surface area contributed by atoms with Crippen molar-refractivity contribution in [2.45, 2.75) is 26.3 Å². The molecule has 0 unspecified atom stereocenters. The van der Waals surface area contributed by atoms with Gasteiger partial charge in [0.25, 0.3) is 0 Å². The van der Waals surface area contributed by atoms with Gasteiger partial charge in [-0.2, -0.15) is 0 Å². The summed E-state index contributed by atoms with van der Waals surface area (Å²) in [6.45, 7) is 5.63. The number of hydrogen-bond donors (Lipinski definition) is 0. The molecule has 0 radical (unpaired) electrons. The predicted molar refractivity (Wildman–Crippen MR) is 46.2 cm³/mol. The Hall–Kier alpha value is 0.440. The van der Waals surface area contributed by atoms with Crippen molar-refractivity contribution in [1.82, 2.24) is 4.90 Å². The number of nitrogens with zero attached hydrogens (tertiary/aromatic N) is 1. The standard InChI is InChI=1S/C7H16BrN/c1-7(2)9(3)6-4-5-8/h7H,4-6H2,1-3H3. The molecule has 0 aromatic carbocycles. The van der Waals surface area contributed by atoms with Gasteiger partial charge in [-0.1, -0.05) is 15.9 Å². The van der Waals surface area contributed by atoms with Crippen molar-refractivity contribution in [2.75, 3.05) is 18.9 Å². The van der Waals surface area contributed by atoms with Crippen molar-refractivity contribution in [1.29, 1.82) is 0 Å². The number of alkyl halides is 1. The van der Waals surface area contributed by atoms with Gasteiger partial charge in [0.15, 0.2) is 0 Å². The van der Waals surface area contributed by atoms with Gasteiger partial charge in [-0.3, -0.25) is 0 Å². The van der Waals surface area contributed by atoms with Crippen LogP contribution in [0.15, 0.2) is 0 Å². The minimum absolute atomic E-state index is 0.684. The fourth-order valence-electron chi connectivity index (χ4n) is 0.567. The van der Waals surface area contributed by atoms with E-state index in [0.717, 1.165) is 5.33 Å². The normalized spacial score (nSPS) is 11.3. The largest absolute Gasteiger partial charge is 0.304 e. The van der Waals surface area contributed by atoms with Crippen LogP contribution in [-0.4, -0.2) is 29.9 Å². The second-order valence-corrected chi connectivity index (χ2v) is 3.41. The summed E-state index contributed by atoms with van der Waals surface area (Å²) in [5.74, 6) is 0. The Balaban J connectivity index is 3.16. The van der Waals surface area contributed by atoms with E-state index in [0.29, 0.717) is 6.04 Å². The summed E-state index contributed by atoms with van der Waals surface area (Å²) >= 11 is 3.40. The van der Waals surface area contributed by atoms with Gasteiger partial charge in [0, 0.05) is 11.4 Å². The topological polar surface area (TPSA) is 3.24 Å². The van der Waals surface area contributed by atoms with E-state index in [1.54, 1.807) is 0 Å². The van der Waals surface area contributed by atoms with Crippen molar-refractivity contribution in [3.63, 3.8) is 0 Å². The molecule has 1 nitrogen and oxygen atoms in total. The van der Waals surface area contributed by atoms with Crippen LogP contribution in [0.1, 0.15) is 20.3 Å². The molecule has 56 valence electrons. The first-order chi connectivity index (χ1) is 4.18. The van der Waals surface area contributed by atoms with Crippen LogP contribution in [0.4, 0.5) is 0 Å². The molecule has 2 heteroatoms. The van der Waals surface area contributed by atoms with E-state index >= 15 is 0 Å². The SMILES string of the molecule is CC(C)N(C)CCCBr. The van der Waals surface area contributed by atoms with E-state index in [-0.39, 0.29) is 0 Å². The van der Waals surface area contributed by atoms with Crippen molar-refractivity contribution in [3.8, 4) is 0 Å². The highest BCUT2D eigenvalue weighted by Crippen LogP contribution is 1.96. The molecule has 0 saturated heterocycles. The van der Waals surface area contributed by atoms with Crippen LogP contribution in [0.2, 0.25) is 0 Å². The molecule has 0 fully saturated rings. The molecule has 0 aromatic heterocycles. The first kappa shape index (κ1) is 9.44. The molecule has 0 saturated carbocycles. The van der Waals surface area contributed by atoms with Crippen LogP contribution in [-0.2, 0) is 0 Å². The van der Waals surface area contributed by atoms with Crippen LogP contribution >= 0.6 is 15.9 Å². The van der Waals surface area contributed by atoms with Crippen molar-refractivity contribution in [3.05, 3.63) is 0 Å². The summed E-state index contributed by atoms with van der Waals surface area (Å²) in [5, 5.41) is 1.12. The Labute approximate surface area is 66.6 Å². The lowest BCUT2D eigenvalue weighted by Gasteiger charge is -2.19. The Bertz CT molecular complexity index is 63.9. The molecular formula is C7H16BrN. The Morgan fingerprint density at radius 3 is 2.33 bits per heavy atom. The summed E-state index contributed by atoms with van der Waals surface area (Å²) in [6, 6.07) is 0.684. The van der Waals surface area contributed by atoms with E-state index in [4.69, 9.17) is 0 Å². The third-order valence-corrected chi connectivity index (χ3v) is 2.09. The van der Waals surface area contributed by atoms with E-state index in [1.807, 2.05) is 0 Å². The maximum Gasteiger partial charge on any atom is 0.00434 e. The first-order valence-corrected chi connectivity index (χ1v) is 4.57. The monoisotopic (exact) mass is 193 g/mol. The highest BCUT2D eigenvalue weighted by molar-refractivity contribution is 9.09. The second kappa shape index (κ2) is 5.24. The predicted octanol–water partition coefficient (Wildman–Crippen LogP) is 2.11. The highest BCUT2D eigenvalue weighted by atomic mass is 79.9. The van der Waals surface area contributed by atoms with Crippen LogP contribution < -0.4 is 0 Å². The van der Waals surface area contributed by atoms with Crippen LogP contribution in [0.3, 0.4) is 0 Å². The van der Waals surface area contributed by atoms with Gasteiger partial charge in [0.05, 0.1) is 0 Å². The molecule has 0 spiro atoms. The lowest BCUT2D eigenvalue weighted by molar-refractivity contribution is 0.276. The maximum absolute atomic E-state index is 3.40. The van der Waals surface area contributed by atoms with E-state index < -0.39 is 0 Å². The highest BCUT2D eigenvalue weighted by Gasteiger charge is 1.99. The molecule has 0 aliphatic carbocycles. The van der Waals surface area contributed by atoms with E-state index in [1.165, 1.54) is 13.0 Å². The minimum Gasteiger partial charge on any atom is -0.304 e. The van der Waals surface area contributed by atoms with Gasteiger partial charge in [-0.05, 0) is 33.9 Å².